The van der Waals surface area contributed by atoms with Crippen molar-refractivity contribution in [1.29, 1.82) is 0 Å². The number of likely N-dealkylation sites (tertiary alicyclic amines) is 1. The molecule has 0 saturated carbocycles. The molecule has 10 nitrogen and oxygen atoms in total. The van der Waals surface area contributed by atoms with Gasteiger partial charge in [0, 0.05) is 42.7 Å². The number of hydrogen-bond acceptors (Lipinski definition) is 6. The number of amidine groups is 1. The number of nitrogens with two attached hydrogens (primary N) is 1. The van der Waals surface area contributed by atoms with Crippen LogP contribution in [0.5, 0.6) is 5.75 Å². The maximum atomic E-state index is 13.3. The number of aryl methyl sites for hydroxylation is 1. The van der Waals surface area contributed by atoms with Gasteiger partial charge in [-0.15, -0.1) is 4.40 Å². The van der Waals surface area contributed by atoms with Gasteiger partial charge in [0.25, 0.3) is 5.91 Å². The van der Waals surface area contributed by atoms with Gasteiger partial charge in [-0.3, -0.25) is 9.52 Å². The summed E-state index contributed by atoms with van der Waals surface area (Å²) < 4.78 is 37.5. The summed E-state index contributed by atoms with van der Waals surface area (Å²) in [4.78, 5) is 19.5. The SMILES string of the molecule is Cc1cccn1-c1cc(C(=O)N2CCC[C@H](COc3cccc4c3C(N)=NS(=O)(=O)N4)C2)ccn1. The maximum Gasteiger partial charge on any atom is 0.344 e. The van der Waals surface area contributed by atoms with Gasteiger partial charge in [0.1, 0.15) is 11.6 Å². The number of benzene rings is 1. The molecule has 1 amide bonds. The number of aromatic nitrogens is 2. The lowest BCUT2D eigenvalue weighted by atomic mass is 9.98. The van der Waals surface area contributed by atoms with Crippen molar-refractivity contribution >= 4 is 27.6 Å². The Hall–Kier alpha value is -3.86. The topological polar surface area (TPSA) is 132 Å². The van der Waals surface area contributed by atoms with Crippen LogP contribution in [-0.4, -0.2) is 54.3 Å². The van der Waals surface area contributed by atoms with Crippen molar-refractivity contribution in [2.75, 3.05) is 24.4 Å². The molecule has 35 heavy (non-hydrogen) atoms. The summed E-state index contributed by atoms with van der Waals surface area (Å²) in [7, 11) is -3.85. The van der Waals surface area contributed by atoms with Gasteiger partial charge in [-0.2, -0.15) is 8.42 Å². The third-order valence-corrected chi connectivity index (χ3v) is 7.13. The Morgan fingerprint density at radius 2 is 2.11 bits per heavy atom. The largest absolute Gasteiger partial charge is 0.492 e. The number of nitrogens with zero attached hydrogens (tertiary/aromatic N) is 4. The van der Waals surface area contributed by atoms with Crippen LogP contribution in [0.4, 0.5) is 5.69 Å². The van der Waals surface area contributed by atoms with E-state index in [0.717, 1.165) is 18.5 Å². The number of piperidine rings is 1. The molecule has 3 aromatic rings. The van der Waals surface area contributed by atoms with Gasteiger partial charge in [0.05, 0.1) is 17.9 Å². The van der Waals surface area contributed by atoms with Crippen molar-refractivity contribution in [2.24, 2.45) is 16.0 Å². The molecule has 1 aromatic carbocycles. The number of nitrogens with one attached hydrogen (secondary N) is 1. The van der Waals surface area contributed by atoms with Gasteiger partial charge < -0.3 is 19.9 Å². The lowest BCUT2D eigenvalue weighted by molar-refractivity contribution is 0.0633. The van der Waals surface area contributed by atoms with Crippen molar-refractivity contribution in [1.82, 2.24) is 14.5 Å². The molecule has 2 aromatic heterocycles. The molecule has 11 heteroatoms. The first-order valence-electron chi connectivity index (χ1n) is 11.3. The van der Waals surface area contributed by atoms with Gasteiger partial charge in [0.15, 0.2) is 5.84 Å². The monoisotopic (exact) mass is 494 g/mol. The first-order chi connectivity index (χ1) is 16.8. The summed E-state index contributed by atoms with van der Waals surface area (Å²) in [6.45, 7) is 3.59. The first kappa shape index (κ1) is 22.9. The molecule has 1 fully saturated rings. The predicted octanol–water partition coefficient (Wildman–Crippen LogP) is 2.49. The van der Waals surface area contributed by atoms with Crippen LogP contribution in [0.25, 0.3) is 5.82 Å². The second-order valence-corrected chi connectivity index (χ2v) is 10.1. The van der Waals surface area contributed by atoms with Gasteiger partial charge in [-0.1, -0.05) is 6.07 Å². The summed E-state index contributed by atoms with van der Waals surface area (Å²) in [6, 6.07) is 12.5. The Morgan fingerprint density at radius 3 is 2.91 bits per heavy atom. The molecule has 182 valence electrons. The third kappa shape index (κ3) is 4.72. The van der Waals surface area contributed by atoms with Crippen molar-refractivity contribution in [3.8, 4) is 11.6 Å². The molecule has 0 spiro atoms. The average molecular weight is 495 g/mol. The fourth-order valence-corrected chi connectivity index (χ4v) is 5.36. The number of ether oxygens (including phenoxy) is 1. The Labute approximate surface area is 203 Å². The van der Waals surface area contributed by atoms with E-state index in [1.807, 2.05) is 40.8 Å². The molecule has 0 radical (unpaired) electrons. The summed E-state index contributed by atoms with van der Waals surface area (Å²) in [5, 5.41) is 0. The summed E-state index contributed by atoms with van der Waals surface area (Å²) in [6.07, 6.45) is 5.36. The highest BCUT2D eigenvalue weighted by atomic mass is 32.2. The lowest BCUT2D eigenvalue weighted by Gasteiger charge is -2.33. The Bertz CT molecular complexity index is 1410. The molecular weight excluding hydrogens is 468 g/mol. The highest BCUT2D eigenvalue weighted by molar-refractivity contribution is 7.91. The van der Waals surface area contributed by atoms with E-state index in [2.05, 4.69) is 14.1 Å². The zero-order valence-electron chi connectivity index (χ0n) is 19.2. The first-order valence-corrected chi connectivity index (χ1v) is 12.8. The van der Waals surface area contributed by atoms with Crippen LogP contribution >= 0.6 is 0 Å². The summed E-state index contributed by atoms with van der Waals surface area (Å²) in [5.41, 5.74) is 8.30. The molecule has 5 rings (SSSR count). The van der Waals surface area contributed by atoms with E-state index in [9.17, 15) is 13.2 Å². The quantitative estimate of drug-likeness (QED) is 0.560. The predicted molar refractivity (Wildman–Crippen MR) is 132 cm³/mol. The van der Waals surface area contributed by atoms with Crippen molar-refractivity contribution < 1.29 is 17.9 Å². The molecular formula is C24H26N6O4S. The van der Waals surface area contributed by atoms with Gasteiger partial charge >= 0.3 is 10.2 Å². The Morgan fingerprint density at radius 1 is 1.26 bits per heavy atom. The van der Waals surface area contributed by atoms with E-state index in [1.165, 1.54) is 0 Å². The van der Waals surface area contributed by atoms with Crippen LogP contribution in [0.1, 0.15) is 34.5 Å². The second-order valence-electron chi connectivity index (χ2n) is 8.73. The van der Waals surface area contributed by atoms with E-state index >= 15 is 0 Å². The van der Waals surface area contributed by atoms with Crippen molar-refractivity contribution in [3.05, 3.63) is 71.7 Å². The van der Waals surface area contributed by atoms with E-state index in [-0.39, 0.29) is 17.7 Å². The molecule has 3 N–H and O–H groups in total. The minimum absolute atomic E-state index is 0.0361. The highest BCUT2D eigenvalue weighted by Crippen LogP contribution is 2.31. The number of anilines is 1. The maximum absolute atomic E-state index is 13.3. The fraction of sp³-hybridized carbons (Fsp3) is 0.292. The Balaban J connectivity index is 1.27. The van der Waals surface area contributed by atoms with E-state index in [0.29, 0.717) is 48.1 Å². The van der Waals surface area contributed by atoms with E-state index in [1.54, 1.807) is 30.5 Å². The fourth-order valence-electron chi connectivity index (χ4n) is 4.52. The molecule has 1 atom stereocenters. The standard InChI is InChI=1S/C24H26N6O4S/c1-16-5-3-12-30(16)21-13-18(9-10-26-21)24(31)29-11-4-6-17(14-29)15-34-20-8-2-7-19-22(20)23(25)28-35(32,33)27-19/h2-3,5,7-10,12-13,17,27H,4,6,11,14-15H2,1H3,(H2,25,28)/t17-/m0/s1. The highest BCUT2D eigenvalue weighted by Gasteiger charge is 2.27. The van der Waals surface area contributed by atoms with Crippen LogP contribution in [0.3, 0.4) is 0 Å². The van der Waals surface area contributed by atoms with E-state index in [4.69, 9.17) is 10.5 Å². The smallest absolute Gasteiger partial charge is 0.344 e. The number of hydrogen-bond donors (Lipinski definition) is 2. The molecule has 1 saturated heterocycles. The number of rotatable bonds is 5. The van der Waals surface area contributed by atoms with Crippen LogP contribution in [0.2, 0.25) is 0 Å². The van der Waals surface area contributed by atoms with Crippen molar-refractivity contribution in [3.63, 3.8) is 0 Å². The van der Waals surface area contributed by atoms with Crippen LogP contribution in [-0.2, 0) is 10.2 Å². The van der Waals surface area contributed by atoms with Crippen LogP contribution in [0.15, 0.2) is 59.3 Å². The van der Waals surface area contributed by atoms with E-state index < -0.39 is 10.2 Å². The zero-order chi connectivity index (χ0) is 24.6. The number of pyridine rings is 1. The molecule has 2 aliphatic rings. The molecule has 2 aliphatic heterocycles. The number of carbonyl (C=O) groups is 1. The number of fused-ring (bicyclic) bond motifs is 1. The number of amides is 1. The zero-order valence-corrected chi connectivity index (χ0v) is 20.0. The average Bonchev–Trinajstić information content (AvgIpc) is 3.27. The van der Waals surface area contributed by atoms with Crippen LogP contribution < -0.4 is 15.2 Å². The van der Waals surface area contributed by atoms with Gasteiger partial charge in [-0.25, -0.2) is 4.98 Å². The molecule has 0 aliphatic carbocycles. The van der Waals surface area contributed by atoms with Gasteiger partial charge in [0.2, 0.25) is 0 Å². The number of carbonyl (C=O) groups excluding carboxylic acids is 1. The Kier molecular flexibility index (Phi) is 5.93. The normalized spacial score (nSPS) is 18.8. The lowest BCUT2D eigenvalue weighted by Crippen LogP contribution is -2.41. The minimum atomic E-state index is -3.85. The molecule has 0 unspecified atom stereocenters. The summed E-state index contributed by atoms with van der Waals surface area (Å²) >= 11 is 0. The van der Waals surface area contributed by atoms with Gasteiger partial charge in [-0.05, 0) is 56.2 Å². The molecule has 4 heterocycles. The van der Waals surface area contributed by atoms with Crippen molar-refractivity contribution in [2.45, 2.75) is 19.8 Å². The summed E-state index contributed by atoms with van der Waals surface area (Å²) in [5.74, 6) is 1.14. The second kappa shape index (κ2) is 9.06. The van der Waals surface area contributed by atoms with Crippen LogP contribution in [0, 0.1) is 12.8 Å². The molecule has 0 bridgehead atoms. The minimum Gasteiger partial charge on any atom is -0.492 e. The third-order valence-electron chi connectivity index (χ3n) is 6.21.